The zero-order valence-electron chi connectivity index (χ0n) is 12.3. The molecule has 1 aromatic carbocycles. The maximum absolute atomic E-state index is 11.7. The van der Waals surface area contributed by atoms with Crippen LogP contribution in [0.4, 0.5) is 10.6 Å². The van der Waals surface area contributed by atoms with Gasteiger partial charge in [-0.1, -0.05) is 17.7 Å². The van der Waals surface area contributed by atoms with E-state index in [0.717, 1.165) is 46.9 Å². The number of carbonyl (C=O) groups excluding carboxylic acids is 1. The molecule has 1 unspecified atom stereocenters. The third-order valence-electron chi connectivity index (χ3n) is 4.55. The summed E-state index contributed by atoms with van der Waals surface area (Å²) in [6, 6.07) is 8.26. The minimum absolute atomic E-state index is 0.0544. The summed E-state index contributed by atoms with van der Waals surface area (Å²) in [7, 11) is 0. The lowest BCUT2D eigenvalue weighted by Gasteiger charge is -2.37. The first-order valence-corrected chi connectivity index (χ1v) is 7.86. The lowest BCUT2D eigenvalue weighted by atomic mass is 10.1. The topological polar surface area (TPSA) is 48.5 Å². The monoisotopic (exact) mass is 316 g/mol. The first-order valence-electron chi connectivity index (χ1n) is 7.49. The third kappa shape index (κ3) is 2.08. The normalized spacial score (nSPS) is 21.2. The molecule has 2 saturated heterocycles. The number of benzene rings is 1. The Morgan fingerprint density at radius 1 is 1.27 bits per heavy atom. The van der Waals surface area contributed by atoms with Crippen LogP contribution < -0.4 is 10.2 Å². The average molecular weight is 317 g/mol. The number of aromatic nitrogens is 1. The number of carbonyl (C=O) groups is 1. The Kier molecular flexibility index (Phi) is 3.11. The van der Waals surface area contributed by atoms with Crippen LogP contribution >= 0.6 is 11.6 Å². The Morgan fingerprint density at radius 2 is 2.14 bits per heavy atom. The highest BCUT2D eigenvalue weighted by Gasteiger charge is 2.35. The molecule has 2 amide bonds. The van der Waals surface area contributed by atoms with Gasteiger partial charge >= 0.3 is 6.03 Å². The summed E-state index contributed by atoms with van der Waals surface area (Å²) in [5, 5.41) is 4.62. The van der Waals surface area contributed by atoms with Crippen LogP contribution in [0.1, 0.15) is 5.56 Å². The molecule has 22 heavy (non-hydrogen) atoms. The Bertz CT molecular complexity index is 763. The highest BCUT2D eigenvalue weighted by Crippen LogP contribution is 2.28. The minimum Gasteiger partial charge on any atom is -0.353 e. The number of rotatable bonds is 1. The Hall–Kier alpha value is -2.01. The largest absolute Gasteiger partial charge is 0.353 e. The summed E-state index contributed by atoms with van der Waals surface area (Å²) < 4.78 is 0. The van der Waals surface area contributed by atoms with Crippen molar-refractivity contribution in [2.45, 2.75) is 13.0 Å². The number of hydrogen-bond donors (Lipinski definition) is 1. The van der Waals surface area contributed by atoms with E-state index in [1.165, 1.54) is 0 Å². The summed E-state index contributed by atoms with van der Waals surface area (Å²) in [6.07, 6.45) is 0. The number of anilines is 1. The van der Waals surface area contributed by atoms with Gasteiger partial charge in [0.25, 0.3) is 0 Å². The molecule has 2 aliphatic heterocycles. The fourth-order valence-corrected chi connectivity index (χ4v) is 3.51. The van der Waals surface area contributed by atoms with Crippen molar-refractivity contribution in [3.05, 3.63) is 34.9 Å². The Balaban J connectivity index is 1.67. The van der Waals surface area contributed by atoms with E-state index < -0.39 is 0 Å². The van der Waals surface area contributed by atoms with E-state index in [1.54, 1.807) is 0 Å². The molecule has 4 rings (SSSR count). The fourth-order valence-electron chi connectivity index (χ4n) is 3.30. The van der Waals surface area contributed by atoms with E-state index in [4.69, 9.17) is 16.6 Å². The van der Waals surface area contributed by atoms with Crippen molar-refractivity contribution in [1.29, 1.82) is 0 Å². The van der Waals surface area contributed by atoms with Crippen LogP contribution in [0.2, 0.25) is 5.02 Å². The molecule has 6 heteroatoms. The molecule has 0 aliphatic carbocycles. The molecule has 3 heterocycles. The second kappa shape index (κ2) is 5.02. The number of pyridine rings is 1. The molecular weight excluding hydrogens is 300 g/mol. The van der Waals surface area contributed by atoms with Crippen LogP contribution in [0.5, 0.6) is 0 Å². The molecule has 2 fully saturated rings. The van der Waals surface area contributed by atoms with Crippen LogP contribution in [-0.2, 0) is 0 Å². The van der Waals surface area contributed by atoms with Crippen molar-refractivity contribution in [2.75, 3.05) is 31.1 Å². The summed E-state index contributed by atoms with van der Waals surface area (Å²) in [5.41, 5.74) is 2.07. The van der Waals surface area contributed by atoms with Crippen molar-refractivity contribution < 1.29 is 4.79 Å². The van der Waals surface area contributed by atoms with Crippen LogP contribution in [0.25, 0.3) is 10.9 Å². The summed E-state index contributed by atoms with van der Waals surface area (Å²) in [5.74, 6) is 0.955. The molecule has 1 aromatic heterocycles. The zero-order chi connectivity index (χ0) is 15.3. The molecule has 2 aliphatic rings. The average Bonchev–Trinajstić information content (AvgIpc) is 2.91. The Labute approximate surface area is 133 Å². The van der Waals surface area contributed by atoms with Crippen LogP contribution in [0.15, 0.2) is 24.3 Å². The van der Waals surface area contributed by atoms with Gasteiger partial charge in [-0.15, -0.1) is 0 Å². The van der Waals surface area contributed by atoms with Crippen molar-refractivity contribution in [1.82, 2.24) is 15.2 Å². The van der Waals surface area contributed by atoms with Gasteiger partial charge in [0.15, 0.2) is 0 Å². The number of urea groups is 1. The molecule has 5 nitrogen and oxygen atoms in total. The van der Waals surface area contributed by atoms with E-state index in [2.05, 4.69) is 10.2 Å². The summed E-state index contributed by atoms with van der Waals surface area (Å²) in [4.78, 5) is 20.7. The molecule has 0 spiro atoms. The zero-order valence-corrected chi connectivity index (χ0v) is 13.1. The van der Waals surface area contributed by atoms with E-state index in [1.807, 2.05) is 36.1 Å². The van der Waals surface area contributed by atoms with Gasteiger partial charge in [-0.05, 0) is 30.7 Å². The number of hydrogen-bond acceptors (Lipinski definition) is 3. The lowest BCUT2D eigenvalue weighted by Crippen LogP contribution is -2.52. The minimum atomic E-state index is 0.0544. The predicted molar refractivity (Wildman–Crippen MR) is 87.6 cm³/mol. The predicted octanol–water partition coefficient (Wildman–Crippen LogP) is 2.41. The first kappa shape index (κ1) is 13.6. The quantitative estimate of drug-likeness (QED) is 0.879. The van der Waals surface area contributed by atoms with Crippen molar-refractivity contribution in [3.63, 3.8) is 0 Å². The number of halogens is 1. The van der Waals surface area contributed by atoms with Crippen molar-refractivity contribution in [2.24, 2.45) is 0 Å². The van der Waals surface area contributed by atoms with Crippen molar-refractivity contribution in [3.8, 4) is 0 Å². The van der Waals surface area contributed by atoms with Crippen LogP contribution in [-0.4, -0.2) is 48.1 Å². The number of fused-ring (bicyclic) bond motifs is 2. The van der Waals surface area contributed by atoms with Gasteiger partial charge in [-0.2, -0.15) is 0 Å². The third-order valence-corrected chi connectivity index (χ3v) is 4.88. The molecule has 0 saturated carbocycles. The fraction of sp³-hybridized carbons (Fsp3) is 0.375. The van der Waals surface area contributed by atoms with Crippen LogP contribution in [0.3, 0.4) is 0 Å². The van der Waals surface area contributed by atoms with Gasteiger partial charge in [0.05, 0.1) is 11.6 Å². The molecule has 1 atom stereocenters. The second-order valence-corrected chi connectivity index (χ2v) is 6.32. The number of amides is 2. The lowest BCUT2D eigenvalue weighted by molar-refractivity contribution is 0.197. The highest BCUT2D eigenvalue weighted by atomic mass is 35.5. The SMILES string of the molecule is Cc1ccc(Cl)c2ccc(N3CCN4C(=O)NCC4C3)nc12. The van der Waals surface area contributed by atoms with E-state index in [9.17, 15) is 4.79 Å². The summed E-state index contributed by atoms with van der Waals surface area (Å²) >= 11 is 6.25. The number of nitrogens with zero attached hydrogens (tertiary/aromatic N) is 3. The van der Waals surface area contributed by atoms with Gasteiger partial charge in [0, 0.05) is 36.6 Å². The highest BCUT2D eigenvalue weighted by molar-refractivity contribution is 6.35. The van der Waals surface area contributed by atoms with E-state index in [-0.39, 0.29) is 12.1 Å². The standard InChI is InChI=1S/C16H17ClN4O/c1-10-2-4-13(17)12-3-5-14(19-15(10)12)20-6-7-21-11(9-20)8-18-16(21)22/h2-5,11H,6-9H2,1H3,(H,18,22). The summed E-state index contributed by atoms with van der Waals surface area (Å²) in [6.45, 7) is 5.13. The second-order valence-electron chi connectivity index (χ2n) is 5.91. The molecule has 0 bridgehead atoms. The van der Waals surface area contributed by atoms with Gasteiger partial charge in [-0.3, -0.25) is 0 Å². The van der Waals surface area contributed by atoms with Gasteiger partial charge in [-0.25, -0.2) is 9.78 Å². The Morgan fingerprint density at radius 3 is 3.00 bits per heavy atom. The van der Waals surface area contributed by atoms with Gasteiger partial charge in [0.2, 0.25) is 0 Å². The molecule has 0 radical (unpaired) electrons. The smallest absolute Gasteiger partial charge is 0.317 e. The van der Waals surface area contributed by atoms with E-state index >= 15 is 0 Å². The maximum Gasteiger partial charge on any atom is 0.317 e. The molecule has 114 valence electrons. The van der Waals surface area contributed by atoms with Gasteiger partial charge < -0.3 is 15.1 Å². The number of piperazine rings is 1. The number of nitrogens with one attached hydrogen (secondary N) is 1. The van der Waals surface area contributed by atoms with Crippen LogP contribution in [0, 0.1) is 6.92 Å². The maximum atomic E-state index is 11.7. The number of aryl methyl sites for hydroxylation is 1. The van der Waals surface area contributed by atoms with Crippen molar-refractivity contribution >= 4 is 34.4 Å². The molecular formula is C16H17ClN4O. The van der Waals surface area contributed by atoms with Gasteiger partial charge in [0.1, 0.15) is 5.82 Å². The van der Waals surface area contributed by atoms with E-state index in [0.29, 0.717) is 6.54 Å². The first-order chi connectivity index (χ1) is 10.6. The molecule has 1 N–H and O–H groups in total. The molecule has 2 aromatic rings.